The third-order valence-electron chi connectivity index (χ3n) is 3.60. The molecule has 2 unspecified atom stereocenters. The van der Waals surface area contributed by atoms with Gasteiger partial charge < -0.3 is 4.74 Å². The number of benzene rings is 2. The van der Waals surface area contributed by atoms with Crippen molar-refractivity contribution >= 4 is 0 Å². The highest BCUT2D eigenvalue weighted by Crippen LogP contribution is 2.38. The largest absolute Gasteiger partial charge is 0.366 e. The van der Waals surface area contributed by atoms with Gasteiger partial charge in [-0.25, -0.2) is 0 Å². The molecule has 0 saturated carbocycles. The third-order valence-corrected chi connectivity index (χ3v) is 3.60. The predicted octanol–water partition coefficient (Wildman–Crippen LogP) is 4.67. The van der Waals surface area contributed by atoms with Crippen molar-refractivity contribution in [3.8, 4) is 0 Å². The average molecular weight is 238 g/mol. The van der Waals surface area contributed by atoms with Crippen LogP contribution in [-0.2, 0) is 4.74 Å². The highest BCUT2D eigenvalue weighted by atomic mass is 16.5. The molecule has 0 radical (unpaired) electrons. The molecule has 1 heterocycles. The monoisotopic (exact) mass is 238 g/mol. The molecule has 0 N–H and O–H groups in total. The Bertz CT molecular complexity index is 432. The molecule has 1 nitrogen and oxygen atoms in total. The Hall–Kier alpha value is -1.60. The lowest BCUT2D eigenvalue weighted by atomic mass is 9.95. The molecule has 1 heteroatoms. The standard InChI is InChI=1S/C17H18O/c1-3-8-14(9-4-1)16-12-7-13-17(18-16)15-10-5-2-6-11-15/h1-6,8-11,16-17H,7,12-13H2. The first-order chi connectivity index (χ1) is 8.93. The maximum absolute atomic E-state index is 6.26. The van der Waals surface area contributed by atoms with Gasteiger partial charge in [0.25, 0.3) is 0 Å². The molecular formula is C17H18O. The fraction of sp³-hybridized carbons (Fsp3) is 0.294. The first-order valence-electron chi connectivity index (χ1n) is 6.69. The maximum atomic E-state index is 6.26. The minimum atomic E-state index is 0.255. The molecule has 3 rings (SSSR count). The van der Waals surface area contributed by atoms with E-state index in [1.165, 1.54) is 17.5 Å². The van der Waals surface area contributed by atoms with E-state index in [-0.39, 0.29) is 12.2 Å². The Morgan fingerprint density at radius 2 is 1.11 bits per heavy atom. The van der Waals surface area contributed by atoms with Crippen LogP contribution in [0, 0.1) is 0 Å². The second kappa shape index (κ2) is 5.36. The minimum absolute atomic E-state index is 0.255. The second-order valence-electron chi connectivity index (χ2n) is 4.87. The Labute approximate surface area is 108 Å². The summed E-state index contributed by atoms with van der Waals surface area (Å²) in [4.78, 5) is 0. The molecule has 2 atom stereocenters. The molecule has 0 amide bonds. The second-order valence-corrected chi connectivity index (χ2v) is 4.87. The van der Waals surface area contributed by atoms with E-state index in [9.17, 15) is 0 Å². The molecule has 1 aliphatic rings. The Kier molecular flexibility index (Phi) is 3.42. The normalized spacial score (nSPS) is 23.8. The molecule has 92 valence electrons. The summed E-state index contributed by atoms with van der Waals surface area (Å²) in [5, 5.41) is 0. The smallest absolute Gasteiger partial charge is 0.0833 e. The van der Waals surface area contributed by atoms with E-state index in [0.29, 0.717) is 0 Å². The molecular weight excluding hydrogens is 220 g/mol. The zero-order valence-corrected chi connectivity index (χ0v) is 10.5. The van der Waals surface area contributed by atoms with Crippen LogP contribution in [0.15, 0.2) is 60.7 Å². The average Bonchev–Trinajstić information content (AvgIpc) is 2.49. The van der Waals surface area contributed by atoms with Crippen molar-refractivity contribution in [1.82, 2.24) is 0 Å². The maximum Gasteiger partial charge on any atom is 0.0833 e. The van der Waals surface area contributed by atoms with Gasteiger partial charge in [-0.3, -0.25) is 0 Å². The predicted molar refractivity (Wildman–Crippen MR) is 73.3 cm³/mol. The van der Waals surface area contributed by atoms with Crippen LogP contribution in [0.4, 0.5) is 0 Å². The highest BCUT2D eigenvalue weighted by Gasteiger charge is 2.24. The van der Waals surface area contributed by atoms with E-state index in [2.05, 4.69) is 60.7 Å². The van der Waals surface area contributed by atoms with Crippen LogP contribution in [0.1, 0.15) is 42.6 Å². The lowest BCUT2D eigenvalue weighted by Gasteiger charge is -2.30. The molecule has 0 aromatic heterocycles. The van der Waals surface area contributed by atoms with Gasteiger partial charge in [0.15, 0.2) is 0 Å². The molecule has 1 fully saturated rings. The van der Waals surface area contributed by atoms with Crippen molar-refractivity contribution < 1.29 is 4.74 Å². The molecule has 0 spiro atoms. The molecule has 0 bridgehead atoms. The fourth-order valence-electron chi connectivity index (χ4n) is 2.65. The van der Waals surface area contributed by atoms with E-state index < -0.39 is 0 Å². The van der Waals surface area contributed by atoms with Crippen LogP contribution in [0.2, 0.25) is 0 Å². The van der Waals surface area contributed by atoms with E-state index in [1.54, 1.807) is 0 Å². The van der Waals surface area contributed by atoms with Crippen molar-refractivity contribution in [2.24, 2.45) is 0 Å². The summed E-state index contributed by atoms with van der Waals surface area (Å²) in [6, 6.07) is 21.1. The summed E-state index contributed by atoms with van der Waals surface area (Å²) in [5.41, 5.74) is 2.61. The van der Waals surface area contributed by atoms with Crippen LogP contribution in [0.25, 0.3) is 0 Å². The van der Waals surface area contributed by atoms with Crippen molar-refractivity contribution in [2.45, 2.75) is 31.5 Å². The van der Waals surface area contributed by atoms with Gasteiger partial charge in [-0.2, -0.15) is 0 Å². The molecule has 2 aromatic carbocycles. The highest BCUT2D eigenvalue weighted by molar-refractivity contribution is 5.21. The van der Waals surface area contributed by atoms with Crippen LogP contribution in [-0.4, -0.2) is 0 Å². The first kappa shape index (κ1) is 11.5. The van der Waals surface area contributed by atoms with Crippen molar-refractivity contribution in [3.05, 3.63) is 71.8 Å². The van der Waals surface area contributed by atoms with Gasteiger partial charge in [0.05, 0.1) is 12.2 Å². The van der Waals surface area contributed by atoms with Gasteiger partial charge in [0.1, 0.15) is 0 Å². The quantitative estimate of drug-likeness (QED) is 0.738. The topological polar surface area (TPSA) is 9.23 Å². The van der Waals surface area contributed by atoms with E-state index in [0.717, 1.165) is 12.8 Å². The van der Waals surface area contributed by atoms with Crippen molar-refractivity contribution in [1.29, 1.82) is 0 Å². The van der Waals surface area contributed by atoms with E-state index in [4.69, 9.17) is 4.74 Å². The first-order valence-corrected chi connectivity index (χ1v) is 6.69. The molecule has 2 aromatic rings. The Morgan fingerprint density at radius 1 is 0.667 bits per heavy atom. The van der Waals surface area contributed by atoms with Gasteiger partial charge >= 0.3 is 0 Å². The van der Waals surface area contributed by atoms with Crippen LogP contribution >= 0.6 is 0 Å². The summed E-state index contributed by atoms with van der Waals surface area (Å²) in [5.74, 6) is 0. The van der Waals surface area contributed by atoms with Gasteiger partial charge in [0.2, 0.25) is 0 Å². The van der Waals surface area contributed by atoms with Crippen LogP contribution in [0.3, 0.4) is 0 Å². The van der Waals surface area contributed by atoms with Crippen molar-refractivity contribution in [3.63, 3.8) is 0 Å². The fourth-order valence-corrected chi connectivity index (χ4v) is 2.65. The van der Waals surface area contributed by atoms with Gasteiger partial charge in [-0.1, -0.05) is 60.7 Å². The number of hydrogen-bond acceptors (Lipinski definition) is 1. The molecule has 1 saturated heterocycles. The lowest BCUT2D eigenvalue weighted by Crippen LogP contribution is -2.16. The molecule has 18 heavy (non-hydrogen) atoms. The molecule has 0 aliphatic carbocycles. The summed E-state index contributed by atoms with van der Waals surface area (Å²) in [7, 11) is 0. The third kappa shape index (κ3) is 2.46. The lowest BCUT2D eigenvalue weighted by molar-refractivity contribution is -0.0534. The molecule has 1 aliphatic heterocycles. The van der Waals surface area contributed by atoms with Crippen LogP contribution < -0.4 is 0 Å². The summed E-state index contributed by atoms with van der Waals surface area (Å²) in [6.07, 6.45) is 4.01. The Balaban J connectivity index is 1.77. The zero-order chi connectivity index (χ0) is 12.2. The van der Waals surface area contributed by atoms with E-state index in [1.807, 2.05) is 0 Å². The van der Waals surface area contributed by atoms with Crippen molar-refractivity contribution in [2.75, 3.05) is 0 Å². The number of hydrogen-bond donors (Lipinski definition) is 0. The summed E-state index contributed by atoms with van der Waals surface area (Å²) < 4.78 is 6.26. The number of ether oxygens (including phenoxy) is 1. The minimum Gasteiger partial charge on any atom is -0.366 e. The van der Waals surface area contributed by atoms with Gasteiger partial charge in [-0.15, -0.1) is 0 Å². The summed E-state index contributed by atoms with van der Waals surface area (Å²) in [6.45, 7) is 0. The summed E-state index contributed by atoms with van der Waals surface area (Å²) >= 11 is 0. The Morgan fingerprint density at radius 3 is 1.56 bits per heavy atom. The van der Waals surface area contributed by atoms with E-state index >= 15 is 0 Å². The number of rotatable bonds is 2. The van der Waals surface area contributed by atoms with Gasteiger partial charge in [0, 0.05) is 0 Å². The van der Waals surface area contributed by atoms with Crippen LogP contribution in [0.5, 0.6) is 0 Å². The van der Waals surface area contributed by atoms with Gasteiger partial charge in [-0.05, 0) is 30.4 Å². The zero-order valence-electron chi connectivity index (χ0n) is 10.5. The SMILES string of the molecule is c1ccc(C2CCCC(c3ccccc3)O2)cc1.